The van der Waals surface area contributed by atoms with Crippen LogP contribution in [0.25, 0.3) is 0 Å². The summed E-state index contributed by atoms with van der Waals surface area (Å²) in [6.07, 6.45) is 0. The lowest BCUT2D eigenvalue weighted by atomic mass is 11.4. The Bertz CT molecular complexity index is 245. The minimum atomic E-state index is -5.10. The molecule has 0 aliphatic heterocycles. The molecule has 11 heavy (non-hydrogen) atoms. The van der Waals surface area contributed by atoms with Crippen molar-refractivity contribution >= 4 is 21.0 Å². The zero-order chi connectivity index (χ0) is 9.28. The van der Waals surface area contributed by atoms with Crippen molar-refractivity contribution in [2.45, 2.75) is 0 Å². The lowest BCUT2D eigenvalue weighted by Crippen LogP contribution is -2.17. The molecule has 10 heteroatoms. The van der Waals surface area contributed by atoms with E-state index in [-0.39, 0.29) is 0 Å². The quantitative estimate of drug-likeness (QED) is 0.362. The van der Waals surface area contributed by atoms with E-state index in [1.807, 2.05) is 0 Å². The molecular formula is CH5NO7P2. The second-order valence-electron chi connectivity index (χ2n) is 1.51. The summed E-state index contributed by atoms with van der Waals surface area (Å²) in [5, 5.41) is 0.824. The molecule has 8 nitrogen and oxygen atoms in total. The summed E-state index contributed by atoms with van der Waals surface area (Å²) in [4.78, 5) is 42.1. The van der Waals surface area contributed by atoms with E-state index in [4.69, 9.17) is 19.6 Å². The Balaban J connectivity index is 4.35. The smallest absolute Gasteiger partial charge is 0.318 e. The number of carbonyl (C=O) groups is 1. The number of rotatable bonds is 2. The maximum atomic E-state index is 10.1. The Labute approximate surface area is 60.6 Å². The van der Waals surface area contributed by atoms with Gasteiger partial charge in [0.25, 0.3) is 0 Å². The fourth-order valence-corrected chi connectivity index (χ4v) is 1.35. The van der Waals surface area contributed by atoms with Gasteiger partial charge in [0, 0.05) is 0 Å². The van der Waals surface area contributed by atoms with Crippen LogP contribution in [0.4, 0.5) is 4.79 Å². The van der Waals surface area contributed by atoms with Crippen molar-refractivity contribution in [1.82, 2.24) is 5.09 Å². The average molecular weight is 205 g/mol. The van der Waals surface area contributed by atoms with E-state index in [0.717, 1.165) is 5.09 Å². The fourth-order valence-electron chi connectivity index (χ4n) is 0.190. The molecule has 0 aromatic heterocycles. The van der Waals surface area contributed by atoms with Gasteiger partial charge < -0.3 is 19.6 Å². The molecule has 0 saturated carbocycles. The molecule has 1 amide bonds. The number of hydrogen-bond acceptors (Lipinski definition) is 3. The highest BCUT2D eigenvalue weighted by atomic mass is 31.2. The van der Waals surface area contributed by atoms with E-state index in [1.165, 1.54) is 0 Å². The predicted octanol–water partition coefficient (Wildman–Crippen LogP) is -1.03. The molecule has 0 fully saturated rings. The zero-order valence-electron chi connectivity index (χ0n) is 4.91. The van der Waals surface area contributed by atoms with E-state index in [1.54, 1.807) is 0 Å². The molecule has 0 aliphatic carbocycles. The first-order valence-corrected chi connectivity index (χ1v) is 5.29. The molecular weight excluding hydrogens is 200 g/mol. The monoisotopic (exact) mass is 205 g/mol. The van der Waals surface area contributed by atoms with Crippen molar-refractivity contribution in [2.24, 2.45) is 0 Å². The molecule has 0 saturated heterocycles. The Kier molecular flexibility index (Phi) is 2.96. The van der Waals surface area contributed by atoms with Gasteiger partial charge in [-0.25, -0.2) is 9.13 Å². The summed E-state index contributed by atoms with van der Waals surface area (Å²) in [6.45, 7) is 0. The summed E-state index contributed by atoms with van der Waals surface area (Å²) in [5.41, 5.74) is -1.99. The van der Waals surface area contributed by atoms with Crippen LogP contribution in [-0.2, 0) is 9.13 Å². The van der Waals surface area contributed by atoms with E-state index in [9.17, 15) is 13.9 Å². The van der Waals surface area contributed by atoms with Gasteiger partial charge in [-0.15, -0.1) is 0 Å². The predicted molar refractivity (Wildman–Crippen MR) is 32.6 cm³/mol. The third-order valence-electron chi connectivity index (χ3n) is 0.506. The molecule has 66 valence electrons. The highest BCUT2D eigenvalue weighted by Crippen LogP contribution is 2.40. The number of amides is 1. The second-order valence-corrected chi connectivity index (χ2v) is 4.31. The second kappa shape index (κ2) is 3.02. The Morgan fingerprint density at radius 3 is 1.55 bits per heavy atom. The van der Waals surface area contributed by atoms with Crippen molar-refractivity contribution in [3.05, 3.63) is 0 Å². The number of nitrogens with one attached hydrogen (secondary N) is 1. The lowest BCUT2D eigenvalue weighted by Gasteiger charge is -2.05. The lowest BCUT2D eigenvalue weighted by molar-refractivity contribution is 0.249. The van der Waals surface area contributed by atoms with E-state index in [2.05, 4.69) is 0 Å². The molecule has 0 unspecified atom stereocenters. The van der Waals surface area contributed by atoms with Crippen LogP contribution in [-0.4, -0.2) is 25.2 Å². The number of carbonyl (C=O) groups excluding carboxylic acids is 1. The first kappa shape index (κ1) is 10.8. The summed E-state index contributed by atoms with van der Waals surface area (Å²) in [7, 11) is -10.0. The Morgan fingerprint density at radius 1 is 1.09 bits per heavy atom. The van der Waals surface area contributed by atoms with Gasteiger partial charge >= 0.3 is 21.0 Å². The minimum Gasteiger partial charge on any atom is -0.318 e. The van der Waals surface area contributed by atoms with Gasteiger partial charge in [-0.2, -0.15) is 0 Å². The highest BCUT2D eigenvalue weighted by Gasteiger charge is 2.31. The summed E-state index contributed by atoms with van der Waals surface area (Å²) >= 11 is 0. The fraction of sp³-hybridized carbons (Fsp3) is 0. The van der Waals surface area contributed by atoms with Gasteiger partial charge in [0.2, 0.25) is 0 Å². The van der Waals surface area contributed by atoms with Crippen molar-refractivity contribution < 1.29 is 33.5 Å². The van der Waals surface area contributed by atoms with E-state index in [0.29, 0.717) is 0 Å². The highest BCUT2D eigenvalue weighted by molar-refractivity contribution is 7.71. The molecule has 0 bridgehead atoms. The van der Waals surface area contributed by atoms with Gasteiger partial charge in [-0.1, -0.05) is 0 Å². The average Bonchev–Trinajstić information content (AvgIpc) is 1.56. The normalized spacial score (nSPS) is 12.7. The zero-order valence-corrected chi connectivity index (χ0v) is 6.70. The van der Waals surface area contributed by atoms with Gasteiger partial charge in [0.15, 0.2) is 0 Å². The molecule has 0 radical (unpaired) electrons. The van der Waals surface area contributed by atoms with Crippen LogP contribution in [0.1, 0.15) is 0 Å². The van der Waals surface area contributed by atoms with E-state index >= 15 is 0 Å². The number of hydrogen-bond donors (Lipinski definition) is 5. The van der Waals surface area contributed by atoms with Gasteiger partial charge in [0.1, 0.15) is 0 Å². The Morgan fingerprint density at radius 2 is 1.45 bits per heavy atom. The van der Waals surface area contributed by atoms with Crippen molar-refractivity contribution in [2.75, 3.05) is 0 Å². The van der Waals surface area contributed by atoms with Crippen molar-refractivity contribution in [1.29, 1.82) is 0 Å². The van der Waals surface area contributed by atoms with Gasteiger partial charge in [-0.3, -0.25) is 9.88 Å². The van der Waals surface area contributed by atoms with Crippen molar-refractivity contribution in [3.63, 3.8) is 0 Å². The van der Waals surface area contributed by atoms with Crippen LogP contribution in [0.3, 0.4) is 0 Å². The standard InChI is InChI=1S/CH5NO7P2/c3-1(10(4,5)6)2-11(7,8)9/h(H2,4,5,6)(H3,2,3,7,8,9). The van der Waals surface area contributed by atoms with Crippen LogP contribution in [0.15, 0.2) is 0 Å². The van der Waals surface area contributed by atoms with Gasteiger partial charge in [0.05, 0.1) is 0 Å². The summed E-state index contributed by atoms with van der Waals surface area (Å²) < 4.78 is 19.9. The Hall–Kier alpha value is -0.230. The maximum Gasteiger partial charge on any atom is 0.430 e. The molecule has 0 aliphatic rings. The van der Waals surface area contributed by atoms with Crippen LogP contribution in [0.5, 0.6) is 0 Å². The molecule has 0 rings (SSSR count). The molecule has 0 aromatic rings. The van der Waals surface area contributed by atoms with Gasteiger partial charge in [-0.05, 0) is 0 Å². The van der Waals surface area contributed by atoms with Crippen LogP contribution in [0.2, 0.25) is 0 Å². The third kappa shape index (κ3) is 5.09. The van der Waals surface area contributed by atoms with Crippen LogP contribution >= 0.6 is 15.3 Å². The first-order valence-electron chi connectivity index (χ1n) is 2.07. The first-order chi connectivity index (χ1) is 4.63. The molecule has 0 spiro atoms. The topological polar surface area (TPSA) is 144 Å². The minimum absolute atomic E-state index is 0.824. The molecule has 5 N–H and O–H groups in total. The summed E-state index contributed by atoms with van der Waals surface area (Å²) in [5.74, 6) is 0. The largest absolute Gasteiger partial charge is 0.430 e. The maximum absolute atomic E-state index is 10.1. The molecule has 0 aromatic carbocycles. The SMILES string of the molecule is O=C(NP(=O)(O)O)P(=O)(O)O. The van der Waals surface area contributed by atoms with Crippen molar-refractivity contribution in [3.8, 4) is 0 Å². The molecule has 0 heterocycles. The van der Waals surface area contributed by atoms with E-state index < -0.39 is 21.0 Å². The third-order valence-corrected chi connectivity index (χ3v) is 1.82. The summed E-state index contributed by atoms with van der Waals surface area (Å²) in [6, 6.07) is 0. The molecule has 0 atom stereocenters. The van der Waals surface area contributed by atoms with Crippen LogP contribution in [0, 0.1) is 0 Å². The van der Waals surface area contributed by atoms with Crippen LogP contribution < -0.4 is 5.09 Å².